The fraction of sp³-hybridized carbons (Fsp3) is 0.167. The lowest BCUT2D eigenvalue weighted by Gasteiger charge is -2.16. The van der Waals surface area contributed by atoms with Gasteiger partial charge in [0.1, 0.15) is 11.7 Å². The van der Waals surface area contributed by atoms with Crippen LogP contribution in [-0.2, 0) is 11.4 Å². The van der Waals surface area contributed by atoms with Crippen LogP contribution in [0.3, 0.4) is 0 Å². The summed E-state index contributed by atoms with van der Waals surface area (Å²) in [5.41, 5.74) is 1.72. The van der Waals surface area contributed by atoms with Gasteiger partial charge in [-0.1, -0.05) is 56.3 Å². The van der Waals surface area contributed by atoms with Crippen LogP contribution in [0.2, 0.25) is 5.15 Å². The van der Waals surface area contributed by atoms with E-state index in [-0.39, 0.29) is 17.0 Å². The van der Waals surface area contributed by atoms with E-state index in [0.717, 1.165) is 5.56 Å². The van der Waals surface area contributed by atoms with Crippen molar-refractivity contribution in [1.29, 1.82) is 0 Å². The van der Waals surface area contributed by atoms with E-state index in [1.807, 2.05) is 19.9 Å². The zero-order valence-electron chi connectivity index (χ0n) is 18.2. The molecule has 0 aliphatic rings. The summed E-state index contributed by atoms with van der Waals surface area (Å²) in [4.78, 5) is 33.7. The molecule has 8 heteroatoms. The highest BCUT2D eigenvalue weighted by molar-refractivity contribution is 6.29. The number of carbonyl (C=O) groups is 2. The van der Waals surface area contributed by atoms with E-state index in [1.165, 1.54) is 23.8 Å². The summed E-state index contributed by atoms with van der Waals surface area (Å²) >= 11 is 5.84. The normalized spacial score (nSPS) is 10.0. The van der Waals surface area contributed by atoms with Crippen molar-refractivity contribution in [2.75, 3.05) is 12.2 Å². The lowest BCUT2D eigenvalue weighted by atomic mass is 10.0. The number of carboxylic acid groups (broad SMARTS) is 1. The van der Waals surface area contributed by atoms with Gasteiger partial charge in [-0.05, 0) is 29.8 Å². The van der Waals surface area contributed by atoms with Crippen LogP contribution in [0.5, 0.6) is 0 Å². The molecule has 3 rings (SSSR count). The number of carbonyl (C=O) groups excluding carboxylic acids is 1. The van der Waals surface area contributed by atoms with Gasteiger partial charge in [0.2, 0.25) is 0 Å². The molecule has 0 spiro atoms. The third kappa shape index (κ3) is 6.00. The molecule has 1 aromatic carbocycles. The third-order valence-corrected chi connectivity index (χ3v) is 4.61. The maximum Gasteiger partial charge on any atom is 0.345 e. The monoisotopic (exact) mass is 454 g/mol. The SMILES string of the molecule is C=C(C(=O)[n+]1ccccc1N(Cc1ccc(Cl)nc1)OC)c1ccc(C(=O)O)cc1.CC. The molecule has 166 valence electrons. The largest absolute Gasteiger partial charge is 0.478 e. The Balaban J connectivity index is 0.00000176. The number of aromatic carboxylic acids is 1. The predicted octanol–water partition coefficient (Wildman–Crippen LogP) is 4.67. The Labute approximate surface area is 192 Å². The Morgan fingerprint density at radius 1 is 1.09 bits per heavy atom. The van der Waals surface area contributed by atoms with Crippen LogP contribution in [0.25, 0.3) is 5.57 Å². The molecule has 2 aromatic heterocycles. The van der Waals surface area contributed by atoms with Crippen molar-refractivity contribution in [1.82, 2.24) is 4.98 Å². The topological polar surface area (TPSA) is 83.6 Å². The minimum atomic E-state index is -1.04. The number of hydrogen-bond acceptors (Lipinski definition) is 5. The van der Waals surface area contributed by atoms with Gasteiger partial charge in [0, 0.05) is 17.8 Å². The van der Waals surface area contributed by atoms with Crippen molar-refractivity contribution in [3.8, 4) is 0 Å². The molecule has 0 unspecified atom stereocenters. The zero-order chi connectivity index (χ0) is 23.7. The van der Waals surface area contributed by atoms with Gasteiger partial charge in [0.15, 0.2) is 0 Å². The fourth-order valence-electron chi connectivity index (χ4n) is 2.80. The number of hydrogen-bond donors (Lipinski definition) is 1. The van der Waals surface area contributed by atoms with Crippen LogP contribution in [0.4, 0.5) is 5.82 Å². The molecule has 1 N–H and O–H groups in total. The Kier molecular flexibility index (Phi) is 9.07. The van der Waals surface area contributed by atoms with E-state index in [4.69, 9.17) is 21.5 Å². The van der Waals surface area contributed by atoms with Crippen molar-refractivity contribution in [3.63, 3.8) is 0 Å². The molecular formula is C24H25ClN3O4+. The number of hydroxylamine groups is 1. The summed E-state index contributed by atoms with van der Waals surface area (Å²) in [6.45, 7) is 8.23. The maximum absolute atomic E-state index is 13.1. The Morgan fingerprint density at radius 3 is 2.31 bits per heavy atom. The van der Waals surface area contributed by atoms with E-state index in [9.17, 15) is 9.59 Å². The summed E-state index contributed by atoms with van der Waals surface area (Å²) in [5, 5.41) is 11.0. The lowest BCUT2D eigenvalue weighted by Crippen LogP contribution is -2.47. The van der Waals surface area contributed by atoms with Gasteiger partial charge in [-0.3, -0.25) is 0 Å². The molecule has 2 heterocycles. The lowest BCUT2D eigenvalue weighted by molar-refractivity contribution is -0.558. The molecule has 0 saturated carbocycles. The second-order valence-electron chi connectivity index (χ2n) is 6.30. The highest BCUT2D eigenvalue weighted by Crippen LogP contribution is 2.18. The molecule has 32 heavy (non-hydrogen) atoms. The summed E-state index contributed by atoms with van der Waals surface area (Å²) < 4.78 is 1.42. The highest BCUT2D eigenvalue weighted by atomic mass is 35.5. The molecule has 3 aromatic rings. The number of halogens is 1. The van der Waals surface area contributed by atoms with E-state index in [2.05, 4.69) is 11.6 Å². The first-order valence-corrected chi connectivity index (χ1v) is 10.3. The Hall–Kier alpha value is -3.55. The molecule has 0 radical (unpaired) electrons. The van der Waals surface area contributed by atoms with Crippen LogP contribution in [0.15, 0.2) is 73.6 Å². The van der Waals surface area contributed by atoms with Crippen LogP contribution in [0, 0.1) is 0 Å². The van der Waals surface area contributed by atoms with E-state index in [0.29, 0.717) is 23.1 Å². The van der Waals surface area contributed by atoms with Crippen LogP contribution in [0.1, 0.15) is 40.1 Å². The first kappa shape index (κ1) is 24.7. The van der Waals surface area contributed by atoms with Crippen molar-refractivity contribution in [2.24, 2.45) is 0 Å². The molecule has 0 amide bonds. The standard InChI is InChI=1S/C22H18ClN3O4.C2H6/c1-15(17-7-9-18(10-8-17)22(28)29)21(27)25-12-4-3-5-20(25)26(30-2)14-16-6-11-19(23)24-13-16;1-2/h3-13H,1,14H2,2H3;1-2H3/p+1. The van der Waals surface area contributed by atoms with Gasteiger partial charge < -0.3 is 5.11 Å². The van der Waals surface area contributed by atoms with Crippen molar-refractivity contribution < 1.29 is 24.1 Å². The van der Waals surface area contributed by atoms with Crippen LogP contribution >= 0.6 is 11.6 Å². The minimum absolute atomic E-state index is 0.134. The number of anilines is 1. The first-order chi connectivity index (χ1) is 15.4. The summed E-state index contributed by atoms with van der Waals surface area (Å²) in [7, 11) is 1.50. The molecular weight excluding hydrogens is 430 g/mol. The number of nitrogens with zero attached hydrogens (tertiary/aromatic N) is 3. The molecule has 0 atom stereocenters. The minimum Gasteiger partial charge on any atom is -0.478 e. The molecule has 7 nitrogen and oxygen atoms in total. The van der Waals surface area contributed by atoms with Crippen molar-refractivity contribution in [2.45, 2.75) is 20.4 Å². The Morgan fingerprint density at radius 2 is 1.75 bits per heavy atom. The average Bonchev–Trinajstić information content (AvgIpc) is 2.84. The van der Waals surface area contributed by atoms with Gasteiger partial charge in [0.25, 0.3) is 0 Å². The van der Waals surface area contributed by atoms with E-state index >= 15 is 0 Å². The number of benzene rings is 1. The molecule has 0 fully saturated rings. The van der Waals surface area contributed by atoms with Crippen molar-refractivity contribution in [3.05, 3.63) is 95.4 Å². The zero-order valence-corrected chi connectivity index (χ0v) is 18.9. The van der Waals surface area contributed by atoms with Crippen LogP contribution < -0.4 is 9.63 Å². The number of carboxylic acids is 1. The van der Waals surface area contributed by atoms with E-state index in [1.54, 1.807) is 53.9 Å². The van der Waals surface area contributed by atoms with Gasteiger partial charge >= 0.3 is 17.7 Å². The molecule has 0 aliphatic heterocycles. The number of rotatable bonds is 7. The van der Waals surface area contributed by atoms with Gasteiger partial charge in [-0.15, -0.1) is 5.06 Å². The number of allylic oxidation sites excluding steroid dienone is 1. The number of pyridine rings is 2. The quantitative estimate of drug-likeness (QED) is 0.242. The molecule has 0 saturated heterocycles. The Bertz CT molecular complexity index is 1080. The second-order valence-corrected chi connectivity index (χ2v) is 6.69. The van der Waals surface area contributed by atoms with Gasteiger partial charge in [0.05, 0.1) is 24.4 Å². The third-order valence-electron chi connectivity index (χ3n) is 4.39. The van der Waals surface area contributed by atoms with E-state index < -0.39 is 5.97 Å². The highest BCUT2D eigenvalue weighted by Gasteiger charge is 2.26. The number of aromatic nitrogens is 2. The smallest absolute Gasteiger partial charge is 0.345 e. The van der Waals surface area contributed by atoms with Crippen molar-refractivity contribution >= 4 is 34.9 Å². The first-order valence-electron chi connectivity index (χ1n) is 9.91. The molecule has 0 aliphatic carbocycles. The predicted molar refractivity (Wildman–Crippen MR) is 123 cm³/mol. The van der Waals surface area contributed by atoms with Crippen LogP contribution in [-0.4, -0.2) is 29.1 Å². The second kappa shape index (κ2) is 11.7. The molecule has 0 bridgehead atoms. The summed E-state index contributed by atoms with van der Waals surface area (Å²) in [6, 6.07) is 14.7. The summed E-state index contributed by atoms with van der Waals surface area (Å²) in [5.74, 6) is -0.918. The fourth-order valence-corrected chi connectivity index (χ4v) is 2.91. The van der Waals surface area contributed by atoms with Gasteiger partial charge in [-0.2, -0.15) is 9.40 Å². The summed E-state index contributed by atoms with van der Waals surface area (Å²) in [6.07, 6.45) is 3.24. The maximum atomic E-state index is 13.1. The average molecular weight is 455 g/mol. The van der Waals surface area contributed by atoms with Gasteiger partial charge in [-0.25, -0.2) is 14.6 Å².